The molecule has 42 heavy (non-hydrogen) atoms. The Balaban J connectivity index is 1.46. The van der Waals surface area contributed by atoms with Gasteiger partial charge in [0.25, 0.3) is 0 Å². The molecule has 2 aliphatic rings. The molecule has 2 aromatic carbocycles. The summed E-state index contributed by atoms with van der Waals surface area (Å²) >= 11 is 0. The van der Waals surface area contributed by atoms with Crippen molar-refractivity contribution in [2.45, 2.75) is 68.3 Å². The van der Waals surface area contributed by atoms with E-state index in [0.29, 0.717) is 0 Å². The molecule has 3 heterocycles. The van der Waals surface area contributed by atoms with Gasteiger partial charge in [-0.15, -0.1) is 0 Å². The molecule has 5 rings (SSSR count). The van der Waals surface area contributed by atoms with Crippen molar-refractivity contribution in [2.75, 3.05) is 6.61 Å². The van der Waals surface area contributed by atoms with Crippen molar-refractivity contribution in [1.29, 1.82) is 0 Å². The molecule has 0 radical (unpaired) electrons. The van der Waals surface area contributed by atoms with Crippen molar-refractivity contribution in [1.82, 2.24) is 0 Å². The van der Waals surface area contributed by atoms with E-state index in [1.54, 1.807) is 0 Å². The maximum atomic E-state index is 13.5. The second-order valence-corrected chi connectivity index (χ2v) is 10.1. The lowest BCUT2D eigenvalue weighted by molar-refractivity contribution is -0.318. The van der Waals surface area contributed by atoms with Gasteiger partial charge in [0.2, 0.25) is 17.5 Å². The largest absolute Gasteiger partial charge is 0.508 e. The van der Waals surface area contributed by atoms with E-state index >= 15 is 0 Å². The van der Waals surface area contributed by atoms with Crippen LogP contribution in [0.3, 0.4) is 0 Å². The van der Waals surface area contributed by atoms with Crippen molar-refractivity contribution in [3.05, 3.63) is 46.6 Å². The molecule has 9 N–H and O–H groups in total. The van der Waals surface area contributed by atoms with Gasteiger partial charge in [0.05, 0.1) is 12.7 Å². The molecule has 0 unspecified atom stereocenters. The number of benzene rings is 2. The Morgan fingerprint density at radius 1 is 0.762 bits per heavy atom. The highest BCUT2D eigenvalue weighted by molar-refractivity contribution is 5.88. The van der Waals surface area contributed by atoms with Crippen LogP contribution < -0.4 is 10.2 Å². The highest BCUT2D eigenvalue weighted by Crippen LogP contribution is 2.37. The van der Waals surface area contributed by atoms with Gasteiger partial charge >= 0.3 is 0 Å². The Labute approximate surface area is 236 Å². The van der Waals surface area contributed by atoms with E-state index in [9.17, 15) is 50.8 Å². The molecular formula is C27H30O15. The molecule has 3 aromatic rings. The van der Waals surface area contributed by atoms with E-state index in [2.05, 4.69) is 0 Å². The highest BCUT2D eigenvalue weighted by atomic mass is 16.7. The molecule has 15 heteroatoms. The first-order valence-corrected chi connectivity index (χ1v) is 12.9. The SMILES string of the molecule is C[C@@H]1O[C@@H](OC[C@H]2O[C@@H](Oc3c(-c4ccc(O)cc4)oc4cc(O)cc(O)c4c3=O)[C@@H](O)[C@@H](O)[C@H]2O)[C@@H](O)[C@@H](O)[C@H]1O. The van der Waals surface area contributed by atoms with Crippen molar-refractivity contribution < 1.29 is 69.3 Å². The smallest absolute Gasteiger partial charge is 0.239 e. The zero-order valence-electron chi connectivity index (χ0n) is 21.9. The first-order valence-electron chi connectivity index (χ1n) is 12.9. The molecule has 0 bridgehead atoms. The predicted octanol–water partition coefficient (Wildman–Crippen LogP) is -1.39. The number of hydrogen-bond donors (Lipinski definition) is 9. The summed E-state index contributed by atoms with van der Waals surface area (Å²) in [6, 6.07) is 7.33. The lowest BCUT2D eigenvalue weighted by Crippen LogP contribution is -2.61. The molecule has 0 saturated carbocycles. The summed E-state index contributed by atoms with van der Waals surface area (Å²) in [6.07, 6.45) is -15.8. The summed E-state index contributed by atoms with van der Waals surface area (Å²) in [4.78, 5) is 13.5. The first-order chi connectivity index (χ1) is 19.9. The normalized spacial score (nSPS) is 33.5. The molecule has 0 amide bonds. The minimum Gasteiger partial charge on any atom is -0.508 e. The van der Waals surface area contributed by atoms with E-state index in [1.165, 1.54) is 31.2 Å². The van der Waals surface area contributed by atoms with Gasteiger partial charge in [0, 0.05) is 17.7 Å². The lowest BCUT2D eigenvalue weighted by atomic mass is 9.98. The number of phenols is 3. The van der Waals surface area contributed by atoms with Crippen LogP contribution in [0.4, 0.5) is 0 Å². The molecule has 0 aliphatic carbocycles. The van der Waals surface area contributed by atoms with E-state index in [0.717, 1.165) is 12.1 Å². The Morgan fingerprint density at radius 3 is 2.10 bits per heavy atom. The van der Waals surface area contributed by atoms with E-state index in [1.807, 2.05) is 0 Å². The topological polar surface area (TPSA) is 249 Å². The van der Waals surface area contributed by atoms with Gasteiger partial charge in [-0.2, -0.15) is 0 Å². The minimum absolute atomic E-state index is 0.103. The van der Waals surface area contributed by atoms with Crippen LogP contribution in [0.5, 0.6) is 23.0 Å². The second kappa shape index (κ2) is 11.6. The number of aromatic hydroxyl groups is 3. The second-order valence-electron chi connectivity index (χ2n) is 10.1. The molecule has 2 aliphatic heterocycles. The summed E-state index contributed by atoms with van der Waals surface area (Å²) in [7, 11) is 0. The van der Waals surface area contributed by atoms with Crippen LogP contribution >= 0.6 is 0 Å². The summed E-state index contributed by atoms with van der Waals surface area (Å²) in [5, 5.41) is 91.4. The summed E-state index contributed by atoms with van der Waals surface area (Å²) in [6.45, 7) is 0.866. The third-order valence-corrected chi connectivity index (χ3v) is 7.18. The van der Waals surface area contributed by atoms with Gasteiger partial charge in [-0.05, 0) is 31.2 Å². The number of ether oxygens (including phenoxy) is 4. The van der Waals surface area contributed by atoms with Crippen LogP contribution in [0.15, 0.2) is 45.6 Å². The van der Waals surface area contributed by atoms with Crippen LogP contribution in [-0.2, 0) is 14.2 Å². The summed E-state index contributed by atoms with van der Waals surface area (Å²) in [5.41, 5.74) is -0.956. The van der Waals surface area contributed by atoms with Gasteiger partial charge in [-0.1, -0.05) is 0 Å². The maximum absolute atomic E-state index is 13.5. The van der Waals surface area contributed by atoms with Crippen molar-refractivity contribution in [3.8, 4) is 34.3 Å². The van der Waals surface area contributed by atoms with Gasteiger partial charge in [-0.3, -0.25) is 4.79 Å². The molecule has 15 nitrogen and oxygen atoms in total. The van der Waals surface area contributed by atoms with Crippen LogP contribution in [0.1, 0.15) is 6.92 Å². The number of fused-ring (bicyclic) bond motifs is 1. The standard InChI is InChI=1S/C27H30O15/c1-9-17(31)20(34)22(36)26(39-9)38-8-15-18(32)21(35)23(37)27(41-15)42-25-19(33)16-13(30)6-12(29)7-14(16)40-24(25)10-2-4-11(28)5-3-10/h2-7,9,15,17-18,20-23,26-32,34-37H,8H2,1H3/t9-,15+,17-,18-,20-,21-,22-,23-,26+,27-/m0/s1. The number of phenolic OH excluding ortho intramolecular Hbond substituents is 3. The summed E-state index contributed by atoms with van der Waals surface area (Å²) < 4.78 is 28.0. The number of rotatable bonds is 6. The van der Waals surface area contributed by atoms with Crippen LogP contribution in [0.25, 0.3) is 22.3 Å². The van der Waals surface area contributed by atoms with Crippen molar-refractivity contribution >= 4 is 11.0 Å². The number of aliphatic hydroxyl groups is 6. The Morgan fingerprint density at radius 2 is 1.40 bits per heavy atom. The first kappa shape index (κ1) is 30.0. The molecule has 2 fully saturated rings. The third-order valence-electron chi connectivity index (χ3n) is 7.18. The Hall–Kier alpha value is -3.51. The van der Waals surface area contributed by atoms with E-state index < -0.39 is 90.7 Å². The average Bonchev–Trinajstić information content (AvgIpc) is 2.95. The monoisotopic (exact) mass is 594 g/mol. The van der Waals surface area contributed by atoms with E-state index in [-0.39, 0.29) is 28.0 Å². The number of aliphatic hydroxyl groups excluding tert-OH is 6. The maximum Gasteiger partial charge on any atom is 0.239 e. The highest BCUT2D eigenvalue weighted by Gasteiger charge is 2.47. The lowest BCUT2D eigenvalue weighted by Gasteiger charge is -2.42. The zero-order chi connectivity index (χ0) is 30.5. The molecule has 228 valence electrons. The third kappa shape index (κ3) is 5.49. The fourth-order valence-corrected chi connectivity index (χ4v) is 4.79. The molecule has 10 atom stereocenters. The van der Waals surface area contributed by atoms with Crippen LogP contribution in [0.2, 0.25) is 0 Å². The van der Waals surface area contributed by atoms with Crippen LogP contribution in [-0.4, -0.2) is 114 Å². The van der Waals surface area contributed by atoms with Gasteiger partial charge in [0.15, 0.2) is 12.1 Å². The van der Waals surface area contributed by atoms with Gasteiger partial charge < -0.3 is 69.3 Å². The molecule has 1 aromatic heterocycles. The molecule has 2 saturated heterocycles. The summed E-state index contributed by atoms with van der Waals surface area (Å²) in [5.74, 6) is -1.97. The number of hydrogen-bond acceptors (Lipinski definition) is 15. The zero-order valence-corrected chi connectivity index (χ0v) is 21.9. The molecule has 0 spiro atoms. The van der Waals surface area contributed by atoms with Gasteiger partial charge in [-0.25, -0.2) is 0 Å². The average molecular weight is 595 g/mol. The van der Waals surface area contributed by atoms with Crippen molar-refractivity contribution in [2.24, 2.45) is 0 Å². The van der Waals surface area contributed by atoms with E-state index in [4.69, 9.17) is 23.4 Å². The Kier molecular flexibility index (Phi) is 8.30. The quantitative estimate of drug-likeness (QED) is 0.159. The van der Waals surface area contributed by atoms with Gasteiger partial charge in [0.1, 0.15) is 70.9 Å². The predicted molar refractivity (Wildman–Crippen MR) is 139 cm³/mol. The fourth-order valence-electron chi connectivity index (χ4n) is 4.79. The minimum atomic E-state index is -1.92. The fraction of sp³-hybridized carbons (Fsp3) is 0.444. The van der Waals surface area contributed by atoms with Crippen molar-refractivity contribution in [3.63, 3.8) is 0 Å². The van der Waals surface area contributed by atoms with Crippen LogP contribution in [0, 0.1) is 0 Å². The molecular weight excluding hydrogens is 564 g/mol. The Bertz CT molecular complexity index is 1470.